The highest BCUT2D eigenvalue weighted by atomic mass is 32.2. The van der Waals surface area contributed by atoms with Crippen LogP contribution in [0.4, 0.5) is 0 Å². The van der Waals surface area contributed by atoms with E-state index < -0.39 is 10.0 Å². The van der Waals surface area contributed by atoms with E-state index in [-0.39, 0.29) is 5.03 Å². The predicted molar refractivity (Wildman–Crippen MR) is 56.0 cm³/mol. The topological polar surface area (TPSA) is 77.5 Å². The van der Waals surface area contributed by atoms with Gasteiger partial charge in [-0.1, -0.05) is 0 Å². The van der Waals surface area contributed by atoms with E-state index in [1.165, 1.54) is 0 Å². The minimum atomic E-state index is -3.76. The van der Waals surface area contributed by atoms with E-state index in [9.17, 15) is 8.42 Å². The van der Waals surface area contributed by atoms with Gasteiger partial charge in [0.2, 0.25) is 0 Å². The fourth-order valence-electron chi connectivity index (χ4n) is 1.52. The summed E-state index contributed by atoms with van der Waals surface area (Å²) in [6.07, 6.45) is 1.78. The molecule has 0 aliphatic rings. The normalized spacial score (nSPS) is 12.2. The summed E-state index contributed by atoms with van der Waals surface area (Å²) in [5, 5.41) is 5.02. The maximum atomic E-state index is 11.3. The summed E-state index contributed by atoms with van der Waals surface area (Å²) >= 11 is 0. The number of sulfonamides is 1. The molecule has 0 spiro atoms. The highest BCUT2D eigenvalue weighted by molar-refractivity contribution is 7.89. The van der Waals surface area contributed by atoms with Gasteiger partial charge in [0, 0.05) is 6.20 Å². The van der Waals surface area contributed by atoms with Gasteiger partial charge in [-0.05, 0) is 31.5 Å². The summed E-state index contributed by atoms with van der Waals surface area (Å²) < 4.78 is 24.2. The molecule has 0 amide bonds. The Kier molecular flexibility index (Phi) is 2.06. The molecule has 15 heavy (non-hydrogen) atoms. The molecule has 2 N–H and O–H groups in total. The van der Waals surface area contributed by atoms with Crippen molar-refractivity contribution < 1.29 is 8.42 Å². The molecule has 0 bridgehead atoms. The number of nitrogens with zero attached hydrogens (tertiary/aromatic N) is 2. The van der Waals surface area contributed by atoms with Crippen LogP contribution in [-0.4, -0.2) is 17.8 Å². The van der Waals surface area contributed by atoms with Gasteiger partial charge < -0.3 is 4.40 Å². The first-order valence-electron chi connectivity index (χ1n) is 4.38. The Morgan fingerprint density at radius 3 is 2.67 bits per heavy atom. The van der Waals surface area contributed by atoms with E-state index in [1.807, 2.05) is 13.0 Å². The molecule has 6 heteroatoms. The standard InChI is InChI=1S/C9H11N3O2S/c1-6-3-4-12-7(2)11-9(8(12)5-6)15(10,13)14/h3-5H,1-2H3,(H2,10,13,14). The minimum Gasteiger partial charge on any atom is -0.303 e. The Hall–Kier alpha value is -1.40. The second-order valence-electron chi connectivity index (χ2n) is 3.47. The Morgan fingerprint density at radius 2 is 2.07 bits per heavy atom. The summed E-state index contributed by atoms with van der Waals surface area (Å²) in [6.45, 7) is 3.62. The Balaban J connectivity index is 2.94. The van der Waals surface area contributed by atoms with Crippen LogP contribution >= 0.6 is 0 Å². The van der Waals surface area contributed by atoms with E-state index in [2.05, 4.69) is 4.98 Å². The summed E-state index contributed by atoms with van der Waals surface area (Å²) in [6, 6.07) is 3.63. The van der Waals surface area contributed by atoms with Crippen molar-refractivity contribution in [2.24, 2.45) is 5.14 Å². The number of rotatable bonds is 1. The average molecular weight is 225 g/mol. The Bertz CT molecular complexity index is 628. The molecule has 5 nitrogen and oxygen atoms in total. The van der Waals surface area contributed by atoms with Gasteiger partial charge in [0.25, 0.3) is 10.0 Å². The molecule has 2 aromatic heterocycles. The number of aryl methyl sites for hydroxylation is 2. The second kappa shape index (κ2) is 3.04. The molecule has 0 aliphatic carbocycles. The lowest BCUT2D eigenvalue weighted by molar-refractivity contribution is 0.595. The van der Waals surface area contributed by atoms with Crippen molar-refractivity contribution in [3.8, 4) is 0 Å². The highest BCUT2D eigenvalue weighted by Gasteiger charge is 2.17. The first kappa shape index (κ1) is 10.1. The highest BCUT2D eigenvalue weighted by Crippen LogP contribution is 2.17. The van der Waals surface area contributed by atoms with E-state index in [0.717, 1.165) is 5.56 Å². The Labute approximate surface area is 87.6 Å². The lowest BCUT2D eigenvalue weighted by atomic mass is 10.3. The van der Waals surface area contributed by atoms with E-state index in [4.69, 9.17) is 5.14 Å². The zero-order valence-electron chi connectivity index (χ0n) is 8.43. The fourth-order valence-corrected chi connectivity index (χ4v) is 2.23. The smallest absolute Gasteiger partial charge is 0.257 e. The summed E-state index contributed by atoms with van der Waals surface area (Å²) in [4.78, 5) is 3.95. The third-order valence-corrected chi connectivity index (χ3v) is 3.05. The van der Waals surface area contributed by atoms with E-state index >= 15 is 0 Å². The number of hydrogen-bond acceptors (Lipinski definition) is 3. The van der Waals surface area contributed by atoms with Crippen molar-refractivity contribution in [2.45, 2.75) is 18.9 Å². The molecule has 0 aliphatic heterocycles. The molecule has 2 aromatic rings. The van der Waals surface area contributed by atoms with Gasteiger partial charge in [-0.15, -0.1) is 0 Å². The van der Waals surface area contributed by atoms with Crippen LogP contribution in [0.15, 0.2) is 23.4 Å². The number of pyridine rings is 1. The second-order valence-corrected chi connectivity index (χ2v) is 4.95. The summed E-state index contributed by atoms with van der Waals surface area (Å²) in [7, 11) is -3.76. The number of primary sulfonamides is 1. The maximum Gasteiger partial charge on any atom is 0.257 e. The third-order valence-electron chi connectivity index (χ3n) is 2.21. The van der Waals surface area contributed by atoms with Crippen LogP contribution in [0.3, 0.4) is 0 Å². The molecular formula is C9H11N3O2S. The third kappa shape index (κ3) is 1.62. The Morgan fingerprint density at radius 1 is 1.40 bits per heavy atom. The molecule has 0 saturated carbocycles. The van der Waals surface area contributed by atoms with Crippen LogP contribution in [0, 0.1) is 13.8 Å². The molecule has 0 saturated heterocycles. The van der Waals surface area contributed by atoms with Crippen molar-refractivity contribution in [3.63, 3.8) is 0 Å². The lowest BCUT2D eigenvalue weighted by Gasteiger charge is -1.98. The van der Waals surface area contributed by atoms with Crippen molar-refractivity contribution in [2.75, 3.05) is 0 Å². The van der Waals surface area contributed by atoms with Gasteiger partial charge in [0.05, 0.1) is 5.52 Å². The first-order chi connectivity index (χ1) is 6.89. The average Bonchev–Trinajstić information content (AvgIpc) is 2.42. The van der Waals surface area contributed by atoms with Crippen LogP contribution < -0.4 is 5.14 Å². The molecule has 0 atom stereocenters. The molecule has 0 fully saturated rings. The zero-order valence-corrected chi connectivity index (χ0v) is 9.25. The number of hydrogen-bond donors (Lipinski definition) is 1. The number of fused-ring (bicyclic) bond motifs is 1. The van der Waals surface area contributed by atoms with Crippen molar-refractivity contribution in [1.82, 2.24) is 9.38 Å². The van der Waals surface area contributed by atoms with Gasteiger partial charge in [-0.3, -0.25) is 0 Å². The number of aromatic nitrogens is 2. The SMILES string of the molecule is Cc1ccn2c(C)nc(S(N)(=O)=O)c2c1. The van der Waals surface area contributed by atoms with Gasteiger partial charge in [0.1, 0.15) is 5.82 Å². The van der Waals surface area contributed by atoms with Gasteiger partial charge in [-0.2, -0.15) is 0 Å². The maximum absolute atomic E-state index is 11.3. The molecule has 2 rings (SSSR count). The molecular weight excluding hydrogens is 214 g/mol. The lowest BCUT2D eigenvalue weighted by Crippen LogP contribution is -2.13. The van der Waals surface area contributed by atoms with E-state index in [1.54, 1.807) is 23.6 Å². The largest absolute Gasteiger partial charge is 0.303 e. The summed E-state index contributed by atoms with van der Waals surface area (Å²) in [5.74, 6) is 0.606. The monoisotopic (exact) mass is 225 g/mol. The van der Waals surface area contributed by atoms with Crippen LogP contribution in [0.2, 0.25) is 0 Å². The number of imidazole rings is 1. The van der Waals surface area contributed by atoms with Gasteiger partial charge in [0.15, 0.2) is 5.03 Å². The summed E-state index contributed by atoms with van der Waals surface area (Å²) in [5.41, 5.74) is 1.49. The molecule has 2 heterocycles. The predicted octanol–water partition coefficient (Wildman–Crippen LogP) is 0.599. The fraction of sp³-hybridized carbons (Fsp3) is 0.222. The quantitative estimate of drug-likeness (QED) is 0.772. The van der Waals surface area contributed by atoms with E-state index in [0.29, 0.717) is 11.3 Å². The van der Waals surface area contributed by atoms with Crippen LogP contribution in [-0.2, 0) is 10.0 Å². The van der Waals surface area contributed by atoms with Crippen molar-refractivity contribution in [3.05, 3.63) is 29.7 Å². The molecule has 0 aromatic carbocycles. The van der Waals surface area contributed by atoms with Gasteiger partial charge in [-0.25, -0.2) is 18.5 Å². The van der Waals surface area contributed by atoms with Crippen LogP contribution in [0.25, 0.3) is 5.52 Å². The van der Waals surface area contributed by atoms with Crippen molar-refractivity contribution >= 4 is 15.5 Å². The van der Waals surface area contributed by atoms with Gasteiger partial charge >= 0.3 is 0 Å². The zero-order chi connectivity index (χ0) is 11.2. The minimum absolute atomic E-state index is 0.0660. The molecule has 0 unspecified atom stereocenters. The number of nitrogens with two attached hydrogens (primary N) is 1. The molecule has 80 valence electrons. The molecule has 0 radical (unpaired) electrons. The van der Waals surface area contributed by atoms with Crippen LogP contribution in [0.5, 0.6) is 0 Å². The first-order valence-corrected chi connectivity index (χ1v) is 5.92. The van der Waals surface area contributed by atoms with Crippen molar-refractivity contribution in [1.29, 1.82) is 0 Å². The van der Waals surface area contributed by atoms with Crippen LogP contribution in [0.1, 0.15) is 11.4 Å².